The molecule has 0 aliphatic heterocycles. The first-order valence-corrected chi connectivity index (χ1v) is 8.35. The summed E-state index contributed by atoms with van der Waals surface area (Å²) in [5.74, 6) is 0.409. The SMILES string of the molecule is Cc1cc(S(=O)(=O)NC(CN)CC(C)C)c(C)s1. The maximum absolute atomic E-state index is 12.3. The summed E-state index contributed by atoms with van der Waals surface area (Å²) >= 11 is 1.49. The molecule has 0 saturated carbocycles. The van der Waals surface area contributed by atoms with Crippen LogP contribution in [0.5, 0.6) is 0 Å². The third-order valence-electron chi connectivity index (χ3n) is 2.65. The van der Waals surface area contributed by atoms with Crippen molar-refractivity contribution in [2.24, 2.45) is 11.7 Å². The Kier molecular flexibility index (Phi) is 5.33. The van der Waals surface area contributed by atoms with Gasteiger partial charge >= 0.3 is 0 Å². The van der Waals surface area contributed by atoms with Gasteiger partial charge in [0, 0.05) is 22.3 Å². The van der Waals surface area contributed by atoms with Gasteiger partial charge in [0.1, 0.15) is 0 Å². The minimum absolute atomic E-state index is 0.199. The van der Waals surface area contributed by atoms with Crippen LogP contribution in [0.1, 0.15) is 30.0 Å². The molecule has 3 N–H and O–H groups in total. The average molecular weight is 290 g/mol. The maximum atomic E-state index is 12.3. The average Bonchev–Trinajstić information content (AvgIpc) is 2.56. The monoisotopic (exact) mass is 290 g/mol. The molecule has 0 aromatic carbocycles. The molecule has 0 radical (unpaired) electrons. The fourth-order valence-corrected chi connectivity index (χ4v) is 4.74. The van der Waals surface area contributed by atoms with Crippen molar-refractivity contribution in [1.29, 1.82) is 0 Å². The fraction of sp³-hybridized carbons (Fsp3) is 0.667. The number of hydrogen-bond donors (Lipinski definition) is 2. The van der Waals surface area contributed by atoms with E-state index in [2.05, 4.69) is 18.6 Å². The molecule has 1 aromatic heterocycles. The highest BCUT2D eigenvalue weighted by molar-refractivity contribution is 7.89. The zero-order chi connectivity index (χ0) is 13.9. The van der Waals surface area contributed by atoms with E-state index in [-0.39, 0.29) is 6.04 Å². The topological polar surface area (TPSA) is 72.2 Å². The van der Waals surface area contributed by atoms with Crippen molar-refractivity contribution in [2.45, 2.75) is 45.1 Å². The van der Waals surface area contributed by atoms with Gasteiger partial charge in [0.15, 0.2) is 0 Å². The molecule has 1 unspecified atom stereocenters. The number of aryl methyl sites for hydroxylation is 2. The van der Waals surface area contributed by atoms with Gasteiger partial charge in [-0.05, 0) is 32.3 Å². The fourth-order valence-electron chi connectivity index (χ4n) is 1.92. The molecule has 1 heterocycles. The lowest BCUT2D eigenvalue weighted by Crippen LogP contribution is -2.41. The zero-order valence-electron chi connectivity index (χ0n) is 11.4. The van der Waals surface area contributed by atoms with Crippen molar-refractivity contribution in [3.05, 3.63) is 15.8 Å². The summed E-state index contributed by atoms with van der Waals surface area (Å²) in [6.07, 6.45) is 0.748. The Balaban J connectivity index is 2.90. The van der Waals surface area contributed by atoms with Gasteiger partial charge in [-0.2, -0.15) is 0 Å². The smallest absolute Gasteiger partial charge is 0.241 e. The Bertz CT molecular complexity index is 492. The number of thiophene rings is 1. The third kappa shape index (κ3) is 4.05. The molecule has 0 saturated heterocycles. The van der Waals surface area contributed by atoms with Gasteiger partial charge in [0.05, 0.1) is 4.90 Å². The molecule has 6 heteroatoms. The largest absolute Gasteiger partial charge is 0.329 e. The molecule has 0 bridgehead atoms. The first-order valence-electron chi connectivity index (χ1n) is 6.05. The third-order valence-corrected chi connectivity index (χ3v) is 5.39. The summed E-state index contributed by atoms with van der Waals surface area (Å²) in [6.45, 7) is 8.16. The summed E-state index contributed by atoms with van der Waals surface area (Å²) in [6, 6.07) is 1.51. The lowest BCUT2D eigenvalue weighted by molar-refractivity contribution is 0.465. The molecule has 0 fully saturated rings. The minimum Gasteiger partial charge on any atom is -0.329 e. The molecule has 4 nitrogen and oxygen atoms in total. The summed E-state index contributed by atoms with van der Waals surface area (Å²) in [7, 11) is -3.45. The van der Waals surface area contributed by atoms with Crippen LogP contribution in [-0.4, -0.2) is 21.0 Å². The van der Waals surface area contributed by atoms with Gasteiger partial charge in [-0.3, -0.25) is 0 Å². The van der Waals surface area contributed by atoms with Crippen LogP contribution in [-0.2, 0) is 10.0 Å². The van der Waals surface area contributed by atoms with E-state index in [0.717, 1.165) is 16.2 Å². The zero-order valence-corrected chi connectivity index (χ0v) is 13.0. The highest BCUT2D eigenvalue weighted by Crippen LogP contribution is 2.25. The summed E-state index contributed by atoms with van der Waals surface area (Å²) < 4.78 is 27.2. The van der Waals surface area contributed by atoms with E-state index in [0.29, 0.717) is 17.4 Å². The second-order valence-corrected chi connectivity index (χ2v) is 8.10. The van der Waals surface area contributed by atoms with Crippen molar-refractivity contribution >= 4 is 21.4 Å². The molecular formula is C12H22N2O2S2. The van der Waals surface area contributed by atoms with Crippen molar-refractivity contribution in [3.8, 4) is 0 Å². The standard InChI is InChI=1S/C12H22N2O2S2/c1-8(2)5-11(7-13)14-18(15,16)12-6-9(3)17-10(12)4/h6,8,11,14H,5,7,13H2,1-4H3. The van der Waals surface area contributed by atoms with Gasteiger partial charge in [-0.25, -0.2) is 13.1 Å². The number of rotatable bonds is 6. The van der Waals surface area contributed by atoms with E-state index < -0.39 is 10.0 Å². The predicted octanol–water partition coefficient (Wildman–Crippen LogP) is 2.02. The first kappa shape index (κ1) is 15.6. The molecule has 18 heavy (non-hydrogen) atoms. The first-order chi connectivity index (χ1) is 8.26. The van der Waals surface area contributed by atoms with Crippen molar-refractivity contribution in [3.63, 3.8) is 0 Å². The number of nitrogens with one attached hydrogen (secondary N) is 1. The van der Waals surface area contributed by atoms with Crippen LogP contribution in [0.15, 0.2) is 11.0 Å². The highest BCUT2D eigenvalue weighted by Gasteiger charge is 2.23. The van der Waals surface area contributed by atoms with E-state index in [4.69, 9.17) is 5.73 Å². The van der Waals surface area contributed by atoms with Gasteiger partial charge in [-0.15, -0.1) is 11.3 Å². The Hall–Kier alpha value is -0.430. The Morgan fingerprint density at radius 3 is 2.39 bits per heavy atom. The quantitative estimate of drug-likeness (QED) is 0.842. The molecular weight excluding hydrogens is 268 g/mol. The number of sulfonamides is 1. The second-order valence-electron chi connectivity index (χ2n) is 4.96. The van der Waals surface area contributed by atoms with Crippen molar-refractivity contribution in [1.82, 2.24) is 4.72 Å². The van der Waals surface area contributed by atoms with Crippen LogP contribution >= 0.6 is 11.3 Å². The van der Waals surface area contributed by atoms with Crippen molar-refractivity contribution < 1.29 is 8.42 Å². The van der Waals surface area contributed by atoms with Gasteiger partial charge < -0.3 is 5.73 Å². The molecule has 0 amide bonds. The van der Waals surface area contributed by atoms with E-state index in [1.807, 2.05) is 13.8 Å². The van der Waals surface area contributed by atoms with Gasteiger partial charge in [0.25, 0.3) is 0 Å². The highest BCUT2D eigenvalue weighted by atomic mass is 32.2. The Morgan fingerprint density at radius 1 is 1.39 bits per heavy atom. The molecule has 104 valence electrons. The van der Waals surface area contributed by atoms with Crippen molar-refractivity contribution in [2.75, 3.05) is 6.54 Å². The number of hydrogen-bond acceptors (Lipinski definition) is 4. The molecule has 0 aliphatic rings. The van der Waals surface area contributed by atoms with E-state index in [1.54, 1.807) is 6.07 Å². The molecule has 1 aromatic rings. The van der Waals surface area contributed by atoms with E-state index in [9.17, 15) is 8.42 Å². The Labute approximate surface area is 114 Å². The summed E-state index contributed by atoms with van der Waals surface area (Å²) in [5.41, 5.74) is 5.63. The van der Waals surface area contributed by atoms with Crippen LogP contribution in [0.3, 0.4) is 0 Å². The van der Waals surface area contributed by atoms with E-state index in [1.165, 1.54) is 11.3 Å². The van der Waals surface area contributed by atoms with Crippen LogP contribution < -0.4 is 10.5 Å². The normalized spacial score (nSPS) is 14.1. The lowest BCUT2D eigenvalue weighted by atomic mass is 10.1. The van der Waals surface area contributed by atoms with E-state index >= 15 is 0 Å². The summed E-state index contributed by atoms with van der Waals surface area (Å²) in [4.78, 5) is 2.20. The Morgan fingerprint density at radius 2 is 2.00 bits per heavy atom. The maximum Gasteiger partial charge on any atom is 0.241 e. The van der Waals surface area contributed by atoms with Crippen LogP contribution in [0.25, 0.3) is 0 Å². The number of nitrogens with two attached hydrogens (primary N) is 1. The minimum atomic E-state index is -3.45. The molecule has 0 aliphatic carbocycles. The van der Waals surface area contributed by atoms with Gasteiger partial charge in [0.2, 0.25) is 10.0 Å². The second kappa shape index (κ2) is 6.14. The lowest BCUT2D eigenvalue weighted by Gasteiger charge is -2.18. The van der Waals surface area contributed by atoms with Crippen LogP contribution in [0, 0.1) is 19.8 Å². The van der Waals surface area contributed by atoms with Crippen LogP contribution in [0.2, 0.25) is 0 Å². The summed E-state index contributed by atoms with van der Waals surface area (Å²) in [5, 5.41) is 0. The molecule has 1 rings (SSSR count). The molecule has 0 spiro atoms. The van der Waals surface area contributed by atoms with Gasteiger partial charge in [-0.1, -0.05) is 13.8 Å². The van der Waals surface area contributed by atoms with Crippen LogP contribution in [0.4, 0.5) is 0 Å². The molecule has 1 atom stereocenters. The predicted molar refractivity (Wildman–Crippen MR) is 76.4 cm³/mol.